The third-order valence-corrected chi connectivity index (χ3v) is 5.44. The molecule has 0 saturated carbocycles. The average molecular weight is 428 g/mol. The van der Waals surface area contributed by atoms with Gasteiger partial charge in [-0.15, -0.1) is 0 Å². The Hall–Kier alpha value is -1.26. The molecule has 0 rings (SSSR count). The van der Waals surface area contributed by atoms with E-state index in [9.17, 15) is 9.59 Å². The molecule has 0 aliphatic rings. The summed E-state index contributed by atoms with van der Waals surface area (Å²) < 4.78 is 10.3. The Kier molecular flexibility index (Phi) is 21.5. The van der Waals surface area contributed by atoms with Gasteiger partial charge in [0.1, 0.15) is 6.04 Å². The van der Waals surface area contributed by atoms with Gasteiger partial charge in [0.15, 0.2) is 0 Å². The van der Waals surface area contributed by atoms with Gasteiger partial charge in [-0.05, 0) is 19.8 Å². The van der Waals surface area contributed by atoms with Crippen molar-refractivity contribution in [1.82, 2.24) is 5.32 Å². The summed E-state index contributed by atoms with van der Waals surface area (Å²) in [4.78, 5) is 23.8. The second kappa shape index (κ2) is 22.4. The van der Waals surface area contributed by atoms with E-state index in [2.05, 4.69) is 19.2 Å². The quantitative estimate of drug-likeness (QED) is 0.154. The second-order valence-electron chi connectivity index (χ2n) is 8.32. The molecule has 0 aromatic rings. The first-order valence-corrected chi connectivity index (χ1v) is 12.8. The van der Waals surface area contributed by atoms with Gasteiger partial charge in [-0.2, -0.15) is 0 Å². The maximum atomic E-state index is 12.2. The Labute approximate surface area is 186 Å². The second-order valence-corrected chi connectivity index (χ2v) is 8.32. The molecule has 5 nitrogen and oxygen atoms in total. The normalized spacial score (nSPS) is 11.8. The van der Waals surface area contributed by atoms with Crippen molar-refractivity contribution >= 4 is 12.1 Å². The highest BCUT2D eigenvalue weighted by Gasteiger charge is 2.22. The van der Waals surface area contributed by atoms with Crippen LogP contribution in [0.2, 0.25) is 0 Å². The number of hydrogen-bond donors (Lipinski definition) is 1. The number of rotatable bonds is 21. The summed E-state index contributed by atoms with van der Waals surface area (Å²) in [6.45, 7) is 6.79. The zero-order chi connectivity index (χ0) is 22.3. The smallest absolute Gasteiger partial charge is 0.407 e. The summed E-state index contributed by atoms with van der Waals surface area (Å²) in [6, 6.07) is -0.601. The molecule has 0 saturated heterocycles. The van der Waals surface area contributed by atoms with E-state index in [1.165, 1.54) is 77.0 Å². The van der Waals surface area contributed by atoms with Crippen LogP contribution in [-0.2, 0) is 14.3 Å². The van der Waals surface area contributed by atoms with Crippen molar-refractivity contribution in [3.63, 3.8) is 0 Å². The van der Waals surface area contributed by atoms with Crippen LogP contribution in [0.1, 0.15) is 130 Å². The molecule has 0 aliphatic carbocycles. The molecule has 0 aromatic carbocycles. The lowest BCUT2D eigenvalue weighted by atomic mass is 10.0. The predicted octanol–water partition coefficient (Wildman–Crippen LogP) is 7.32. The monoisotopic (exact) mass is 427 g/mol. The van der Waals surface area contributed by atoms with Crippen LogP contribution >= 0.6 is 0 Å². The van der Waals surface area contributed by atoms with Crippen molar-refractivity contribution < 1.29 is 19.1 Å². The molecule has 1 N–H and O–H groups in total. The molecule has 0 bridgehead atoms. The molecular weight excluding hydrogens is 378 g/mol. The van der Waals surface area contributed by atoms with Gasteiger partial charge in [0.25, 0.3) is 0 Å². The molecule has 0 fully saturated rings. The molecule has 1 unspecified atom stereocenters. The Morgan fingerprint density at radius 2 is 1.10 bits per heavy atom. The fraction of sp³-hybridized carbons (Fsp3) is 0.920. The zero-order valence-corrected chi connectivity index (χ0v) is 20.1. The van der Waals surface area contributed by atoms with Crippen LogP contribution in [-0.4, -0.2) is 31.3 Å². The first-order valence-electron chi connectivity index (χ1n) is 12.8. The first-order chi connectivity index (χ1) is 14.7. The number of ether oxygens (including phenoxy) is 2. The van der Waals surface area contributed by atoms with Crippen LogP contribution < -0.4 is 5.32 Å². The Morgan fingerprint density at radius 3 is 1.57 bits per heavy atom. The minimum absolute atomic E-state index is 0.292. The number of nitrogens with one attached hydrogen (secondary N) is 1. The largest absolute Gasteiger partial charge is 0.464 e. The maximum Gasteiger partial charge on any atom is 0.407 e. The predicted molar refractivity (Wildman–Crippen MR) is 125 cm³/mol. The van der Waals surface area contributed by atoms with Crippen LogP contribution in [0.25, 0.3) is 0 Å². The van der Waals surface area contributed by atoms with E-state index in [1.807, 2.05) is 0 Å². The summed E-state index contributed by atoms with van der Waals surface area (Å²) in [5.41, 5.74) is 0. The Balaban J connectivity index is 3.59. The molecule has 0 aliphatic heterocycles. The number of carbonyl (C=O) groups is 2. The van der Waals surface area contributed by atoms with Gasteiger partial charge in [-0.1, -0.05) is 110 Å². The average Bonchev–Trinajstić information content (AvgIpc) is 2.73. The highest BCUT2D eigenvalue weighted by Crippen LogP contribution is 2.13. The molecule has 1 atom stereocenters. The first kappa shape index (κ1) is 28.7. The number of amides is 1. The van der Waals surface area contributed by atoms with Gasteiger partial charge in [0.2, 0.25) is 0 Å². The Bertz CT molecular complexity index is 401. The molecule has 0 radical (unpaired) electrons. The molecule has 178 valence electrons. The van der Waals surface area contributed by atoms with Gasteiger partial charge >= 0.3 is 12.1 Å². The molecule has 0 heterocycles. The molecule has 1 amide bonds. The lowest BCUT2D eigenvalue weighted by Gasteiger charge is -2.17. The fourth-order valence-electron chi connectivity index (χ4n) is 3.54. The molecular formula is C25H49NO4. The van der Waals surface area contributed by atoms with Crippen LogP contribution in [0.4, 0.5) is 4.79 Å². The van der Waals surface area contributed by atoms with E-state index in [0.717, 1.165) is 25.7 Å². The lowest BCUT2D eigenvalue weighted by Crippen LogP contribution is -2.42. The Morgan fingerprint density at radius 1 is 0.633 bits per heavy atom. The van der Waals surface area contributed by atoms with E-state index in [0.29, 0.717) is 19.6 Å². The van der Waals surface area contributed by atoms with Gasteiger partial charge in [0, 0.05) is 0 Å². The number of esters is 1. The number of carbonyl (C=O) groups excluding carboxylic acids is 2. The third kappa shape index (κ3) is 18.7. The minimum Gasteiger partial charge on any atom is -0.464 e. The van der Waals surface area contributed by atoms with Gasteiger partial charge in [-0.3, -0.25) is 0 Å². The van der Waals surface area contributed by atoms with E-state index >= 15 is 0 Å². The topological polar surface area (TPSA) is 64.6 Å². The summed E-state index contributed by atoms with van der Waals surface area (Å²) >= 11 is 0. The summed E-state index contributed by atoms with van der Waals surface area (Å²) in [6.07, 6.45) is 20.1. The van der Waals surface area contributed by atoms with Crippen molar-refractivity contribution in [3.05, 3.63) is 0 Å². The van der Waals surface area contributed by atoms with Crippen LogP contribution in [0.5, 0.6) is 0 Å². The van der Waals surface area contributed by atoms with Crippen molar-refractivity contribution in [2.75, 3.05) is 13.2 Å². The molecule has 0 spiro atoms. The number of hydrogen-bond acceptors (Lipinski definition) is 4. The summed E-state index contributed by atoms with van der Waals surface area (Å²) in [5.74, 6) is -0.341. The SMILES string of the molecule is CCCCCCCCCCCCCCCCOC(=O)C(CCCC)NC(=O)OCC. The van der Waals surface area contributed by atoms with E-state index in [1.54, 1.807) is 6.92 Å². The molecule has 5 heteroatoms. The van der Waals surface area contributed by atoms with Gasteiger partial charge < -0.3 is 14.8 Å². The summed E-state index contributed by atoms with van der Waals surface area (Å²) in [5, 5.41) is 2.62. The van der Waals surface area contributed by atoms with Crippen molar-refractivity contribution in [2.45, 2.75) is 136 Å². The standard InChI is InChI=1S/C25H49NO4/c1-4-7-9-10-11-12-13-14-15-16-17-18-19-20-22-30-24(27)23(21-8-5-2)26-25(28)29-6-3/h23H,4-22H2,1-3H3,(H,26,28). The molecule has 0 aromatic heterocycles. The van der Waals surface area contributed by atoms with E-state index in [4.69, 9.17) is 9.47 Å². The summed E-state index contributed by atoms with van der Waals surface area (Å²) in [7, 11) is 0. The number of unbranched alkanes of at least 4 members (excludes halogenated alkanes) is 14. The van der Waals surface area contributed by atoms with Gasteiger partial charge in [0.05, 0.1) is 13.2 Å². The highest BCUT2D eigenvalue weighted by molar-refractivity contribution is 5.81. The fourth-order valence-corrected chi connectivity index (χ4v) is 3.54. The van der Waals surface area contributed by atoms with Crippen molar-refractivity contribution in [3.8, 4) is 0 Å². The van der Waals surface area contributed by atoms with Crippen LogP contribution in [0.3, 0.4) is 0 Å². The lowest BCUT2D eigenvalue weighted by molar-refractivity contribution is -0.146. The highest BCUT2D eigenvalue weighted by atomic mass is 16.6. The van der Waals surface area contributed by atoms with Crippen molar-refractivity contribution in [1.29, 1.82) is 0 Å². The van der Waals surface area contributed by atoms with Crippen LogP contribution in [0, 0.1) is 0 Å². The van der Waals surface area contributed by atoms with Gasteiger partial charge in [-0.25, -0.2) is 9.59 Å². The minimum atomic E-state index is -0.601. The van der Waals surface area contributed by atoms with Crippen molar-refractivity contribution in [2.24, 2.45) is 0 Å². The maximum absolute atomic E-state index is 12.2. The van der Waals surface area contributed by atoms with E-state index < -0.39 is 12.1 Å². The van der Waals surface area contributed by atoms with E-state index in [-0.39, 0.29) is 5.97 Å². The zero-order valence-electron chi connectivity index (χ0n) is 20.1. The third-order valence-electron chi connectivity index (χ3n) is 5.44. The van der Waals surface area contributed by atoms with Crippen LogP contribution in [0.15, 0.2) is 0 Å². The molecule has 30 heavy (non-hydrogen) atoms. The number of alkyl carbamates (subject to hydrolysis) is 1.